The fourth-order valence-electron chi connectivity index (χ4n) is 2.78. The van der Waals surface area contributed by atoms with Crippen LogP contribution in [-0.4, -0.2) is 17.1 Å². The first-order valence-corrected chi connectivity index (χ1v) is 10.4. The third-order valence-electron chi connectivity index (χ3n) is 4.36. The second kappa shape index (κ2) is 7.93. The lowest BCUT2D eigenvalue weighted by molar-refractivity contribution is 0.216. The van der Waals surface area contributed by atoms with Crippen LogP contribution in [0.2, 0.25) is 10.0 Å². The van der Waals surface area contributed by atoms with E-state index < -0.39 is 17.7 Å². The first-order chi connectivity index (χ1) is 13.8. The molecule has 5 nitrogen and oxygen atoms in total. The lowest BCUT2D eigenvalue weighted by atomic mass is 10.1. The van der Waals surface area contributed by atoms with Crippen molar-refractivity contribution in [1.82, 2.24) is 10.3 Å². The molecule has 2 N–H and O–H groups in total. The maximum atomic E-state index is 14.5. The second-order valence-corrected chi connectivity index (χ2v) is 8.47. The number of fused-ring (bicyclic) bond motifs is 1. The van der Waals surface area contributed by atoms with E-state index in [0.29, 0.717) is 15.3 Å². The van der Waals surface area contributed by atoms with Crippen LogP contribution in [0.1, 0.15) is 31.4 Å². The summed E-state index contributed by atoms with van der Waals surface area (Å²) in [6, 6.07) is 5.08. The lowest BCUT2D eigenvalue weighted by Crippen LogP contribution is -2.30. The third-order valence-corrected chi connectivity index (χ3v) is 6.01. The zero-order valence-corrected chi connectivity index (χ0v) is 17.4. The average molecular weight is 458 g/mol. The molecule has 10 heteroatoms. The largest absolute Gasteiger partial charge is 0.483 e. The number of anilines is 1. The van der Waals surface area contributed by atoms with Crippen molar-refractivity contribution in [1.29, 1.82) is 0 Å². The summed E-state index contributed by atoms with van der Waals surface area (Å²) in [5.41, 5.74) is 0.618. The standard InChI is InChI=1S/C19H15Cl2F2N3O2S/c1-8(16-10(20)4-5-11(22)17(16)21)28-14-7-15-13(6-12(14)23)25-19(29-15)26-18(27)24-9-2-3-9/h4-9H,2-3H2,1H3,(H2,24,25,26,27). The maximum Gasteiger partial charge on any atom is 0.321 e. The Bertz CT molecular complexity index is 1100. The van der Waals surface area contributed by atoms with E-state index in [-0.39, 0.29) is 33.4 Å². The molecule has 0 spiro atoms. The van der Waals surface area contributed by atoms with Gasteiger partial charge in [0.1, 0.15) is 11.9 Å². The number of benzene rings is 2. The van der Waals surface area contributed by atoms with Crippen LogP contribution in [0.3, 0.4) is 0 Å². The minimum absolute atomic E-state index is 0.0565. The molecule has 2 aromatic carbocycles. The second-order valence-electron chi connectivity index (χ2n) is 6.66. The summed E-state index contributed by atoms with van der Waals surface area (Å²) in [5.74, 6) is -1.34. The highest BCUT2D eigenvalue weighted by atomic mass is 35.5. The van der Waals surface area contributed by atoms with E-state index in [0.717, 1.165) is 18.9 Å². The van der Waals surface area contributed by atoms with Gasteiger partial charge in [-0.3, -0.25) is 5.32 Å². The number of aromatic nitrogens is 1. The normalized spacial score (nSPS) is 14.7. The summed E-state index contributed by atoms with van der Waals surface area (Å²) in [6.45, 7) is 1.60. The van der Waals surface area contributed by atoms with Gasteiger partial charge >= 0.3 is 6.03 Å². The molecule has 1 aromatic heterocycles. The number of nitrogens with zero attached hydrogens (tertiary/aromatic N) is 1. The van der Waals surface area contributed by atoms with Gasteiger partial charge in [0.05, 0.1) is 15.2 Å². The number of rotatable bonds is 5. The fraction of sp³-hybridized carbons (Fsp3) is 0.263. The van der Waals surface area contributed by atoms with E-state index >= 15 is 0 Å². The number of hydrogen-bond acceptors (Lipinski definition) is 4. The first-order valence-electron chi connectivity index (χ1n) is 8.79. The average Bonchev–Trinajstić information content (AvgIpc) is 3.38. The van der Waals surface area contributed by atoms with Crippen molar-refractivity contribution in [2.24, 2.45) is 0 Å². The van der Waals surface area contributed by atoms with Crippen molar-refractivity contribution in [3.63, 3.8) is 0 Å². The van der Waals surface area contributed by atoms with Crippen LogP contribution in [0.25, 0.3) is 10.2 Å². The topological polar surface area (TPSA) is 63.2 Å². The van der Waals surface area contributed by atoms with Gasteiger partial charge in [-0.25, -0.2) is 18.6 Å². The Morgan fingerprint density at radius 3 is 2.76 bits per heavy atom. The van der Waals surface area contributed by atoms with E-state index in [9.17, 15) is 13.6 Å². The Balaban J connectivity index is 1.56. The van der Waals surface area contributed by atoms with Crippen molar-refractivity contribution in [2.75, 3.05) is 5.32 Å². The first kappa shape index (κ1) is 20.1. The summed E-state index contributed by atoms with van der Waals surface area (Å²) in [5, 5.41) is 5.83. The molecular weight excluding hydrogens is 443 g/mol. The quantitative estimate of drug-likeness (QED) is 0.441. The smallest absolute Gasteiger partial charge is 0.321 e. The van der Waals surface area contributed by atoms with Crippen LogP contribution in [-0.2, 0) is 0 Å². The third kappa shape index (κ3) is 4.39. The lowest BCUT2D eigenvalue weighted by Gasteiger charge is -2.18. The van der Waals surface area contributed by atoms with Gasteiger partial charge in [-0.2, -0.15) is 0 Å². The molecule has 1 atom stereocenters. The van der Waals surface area contributed by atoms with Crippen molar-refractivity contribution in [3.8, 4) is 5.75 Å². The summed E-state index contributed by atoms with van der Waals surface area (Å²) >= 11 is 13.3. The molecule has 2 amide bonds. The summed E-state index contributed by atoms with van der Waals surface area (Å²) < 4.78 is 34.6. The molecule has 152 valence electrons. The Kier molecular flexibility index (Phi) is 5.50. The molecule has 1 unspecified atom stereocenters. The van der Waals surface area contributed by atoms with Crippen LogP contribution < -0.4 is 15.4 Å². The number of carbonyl (C=O) groups is 1. The van der Waals surface area contributed by atoms with Gasteiger partial charge in [0.2, 0.25) is 0 Å². The molecule has 29 heavy (non-hydrogen) atoms. The van der Waals surface area contributed by atoms with Gasteiger partial charge in [-0.1, -0.05) is 34.5 Å². The highest BCUT2D eigenvalue weighted by molar-refractivity contribution is 7.22. The monoisotopic (exact) mass is 457 g/mol. The van der Waals surface area contributed by atoms with Gasteiger partial charge in [-0.05, 0) is 31.9 Å². The van der Waals surface area contributed by atoms with Gasteiger partial charge in [0, 0.05) is 28.8 Å². The predicted octanol–water partition coefficient (Wildman–Crippen LogP) is 6.31. The number of halogens is 4. The molecule has 0 radical (unpaired) electrons. The molecule has 1 fully saturated rings. The van der Waals surface area contributed by atoms with Crippen LogP contribution in [0.5, 0.6) is 5.75 Å². The number of urea groups is 1. The molecule has 1 saturated carbocycles. The Morgan fingerprint density at radius 2 is 2.03 bits per heavy atom. The van der Waals surface area contributed by atoms with Crippen molar-refractivity contribution < 1.29 is 18.3 Å². The van der Waals surface area contributed by atoms with Crippen LogP contribution in [0.4, 0.5) is 18.7 Å². The molecule has 0 bridgehead atoms. The zero-order valence-electron chi connectivity index (χ0n) is 15.1. The van der Waals surface area contributed by atoms with Gasteiger partial charge < -0.3 is 10.1 Å². The minimum Gasteiger partial charge on any atom is -0.483 e. The highest BCUT2D eigenvalue weighted by Crippen LogP contribution is 2.37. The Labute approximate surface area is 179 Å². The predicted molar refractivity (Wildman–Crippen MR) is 110 cm³/mol. The summed E-state index contributed by atoms with van der Waals surface area (Å²) in [7, 11) is 0. The SMILES string of the molecule is CC(Oc1cc2sc(NC(=O)NC3CC3)nc2cc1F)c1c(Cl)ccc(F)c1Cl. The van der Waals surface area contributed by atoms with E-state index in [4.69, 9.17) is 27.9 Å². The molecular formula is C19H15Cl2F2N3O2S. The fourth-order valence-corrected chi connectivity index (χ4v) is 4.33. The van der Waals surface area contributed by atoms with Crippen LogP contribution in [0, 0.1) is 11.6 Å². The maximum absolute atomic E-state index is 14.5. The summed E-state index contributed by atoms with van der Waals surface area (Å²) in [6.07, 6.45) is 1.14. The van der Waals surface area contributed by atoms with E-state index in [1.807, 2.05) is 0 Å². The van der Waals surface area contributed by atoms with Gasteiger partial charge in [0.25, 0.3) is 0 Å². The van der Waals surface area contributed by atoms with Crippen LogP contribution >= 0.6 is 34.5 Å². The molecule has 4 rings (SSSR count). The van der Waals surface area contributed by atoms with Gasteiger partial charge in [0.15, 0.2) is 16.7 Å². The number of thiazole rings is 1. The molecule has 0 aliphatic heterocycles. The zero-order chi connectivity index (χ0) is 20.7. The van der Waals surface area contributed by atoms with Crippen molar-refractivity contribution >= 4 is 55.9 Å². The Morgan fingerprint density at radius 1 is 1.28 bits per heavy atom. The van der Waals surface area contributed by atoms with Crippen molar-refractivity contribution in [2.45, 2.75) is 31.9 Å². The minimum atomic E-state index is -0.799. The number of hydrogen-bond donors (Lipinski definition) is 2. The van der Waals surface area contributed by atoms with Gasteiger partial charge in [-0.15, -0.1) is 0 Å². The van der Waals surface area contributed by atoms with E-state index in [1.54, 1.807) is 6.92 Å². The molecule has 1 aliphatic carbocycles. The molecule has 3 aromatic rings. The molecule has 1 aliphatic rings. The van der Waals surface area contributed by atoms with E-state index in [1.165, 1.54) is 29.5 Å². The number of carbonyl (C=O) groups excluding carboxylic acids is 1. The van der Waals surface area contributed by atoms with Crippen LogP contribution in [0.15, 0.2) is 24.3 Å². The molecule has 1 heterocycles. The summed E-state index contributed by atoms with van der Waals surface area (Å²) in [4.78, 5) is 16.1. The number of amides is 2. The number of ether oxygens (including phenoxy) is 1. The number of nitrogens with one attached hydrogen (secondary N) is 2. The van der Waals surface area contributed by atoms with E-state index in [2.05, 4.69) is 15.6 Å². The Hall–Kier alpha value is -2.16. The molecule has 0 saturated heterocycles. The van der Waals surface area contributed by atoms with Crippen molar-refractivity contribution in [3.05, 3.63) is 51.5 Å². The highest BCUT2D eigenvalue weighted by Gasteiger charge is 2.24.